The van der Waals surface area contributed by atoms with Crippen molar-refractivity contribution in [1.29, 1.82) is 0 Å². The number of hydrogen-bond donors (Lipinski definition) is 0. The number of benzene rings is 2. The molecule has 110 valence electrons. The van der Waals surface area contributed by atoms with Gasteiger partial charge >= 0.3 is 68.9 Å². The fraction of sp³-hybridized carbons (Fsp3) is 0.235. The third-order valence-corrected chi connectivity index (χ3v) is 3.14. The zero-order chi connectivity index (χ0) is 15.1. The third kappa shape index (κ3) is 6.46. The molecule has 1 atom stereocenters. The molecule has 4 nitrogen and oxygen atoms in total. The van der Waals surface area contributed by atoms with E-state index in [9.17, 15) is 9.90 Å². The van der Waals surface area contributed by atoms with E-state index < -0.39 is 12.1 Å². The topological polar surface area (TPSA) is 58.6 Å². The number of carbonyl (C=O) groups excluding carboxylic acids is 1. The quantitative estimate of drug-likeness (QED) is 0.554. The summed E-state index contributed by atoms with van der Waals surface area (Å²) in [7, 11) is 1.36. The maximum Gasteiger partial charge on any atom is 1.00 e. The normalized spacial score (nSPS) is 11.3. The molecule has 0 spiro atoms. The molecule has 0 fully saturated rings. The van der Waals surface area contributed by atoms with Crippen molar-refractivity contribution in [1.82, 2.24) is 0 Å². The van der Waals surface area contributed by atoms with Crippen molar-refractivity contribution in [2.75, 3.05) is 7.11 Å². The van der Waals surface area contributed by atoms with Gasteiger partial charge in [-0.25, -0.2) is 0 Å². The van der Waals surface area contributed by atoms with E-state index >= 15 is 0 Å². The van der Waals surface area contributed by atoms with Gasteiger partial charge in [-0.15, -0.1) is 0 Å². The van der Waals surface area contributed by atoms with Gasteiger partial charge in [-0.2, -0.15) is 0 Å². The van der Waals surface area contributed by atoms with Gasteiger partial charge in [-0.1, -0.05) is 42.5 Å². The molecule has 0 heterocycles. The summed E-state index contributed by atoms with van der Waals surface area (Å²) in [6, 6.07) is 17.2. The number of aliphatic carboxylic acids is 1. The number of carboxylic acids is 1. The van der Waals surface area contributed by atoms with Crippen molar-refractivity contribution in [3.8, 4) is 5.75 Å². The Morgan fingerprint density at radius 2 is 1.68 bits per heavy atom. The predicted molar refractivity (Wildman–Crippen MR) is 76.7 cm³/mol. The van der Waals surface area contributed by atoms with Crippen LogP contribution in [-0.4, -0.2) is 19.2 Å². The summed E-state index contributed by atoms with van der Waals surface area (Å²) in [4.78, 5) is 10.8. The molecule has 0 aliphatic rings. The maximum atomic E-state index is 10.8. The second-order valence-electron chi connectivity index (χ2n) is 4.67. The minimum Gasteiger partial charge on any atom is -0.547 e. The molecule has 1 unspecified atom stereocenters. The van der Waals surface area contributed by atoms with E-state index in [1.54, 1.807) is 0 Å². The molecule has 0 radical (unpaired) electrons. The molecule has 0 aliphatic heterocycles. The average molecular weight is 418 g/mol. The van der Waals surface area contributed by atoms with Gasteiger partial charge in [0, 0.05) is 13.5 Å². The van der Waals surface area contributed by atoms with Gasteiger partial charge in [0.2, 0.25) is 0 Å². The molecule has 22 heavy (non-hydrogen) atoms. The smallest absolute Gasteiger partial charge is 0.547 e. The summed E-state index contributed by atoms with van der Waals surface area (Å²) in [6.45, 7) is 0.500. The molecule has 5 heteroatoms. The summed E-state index contributed by atoms with van der Waals surface area (Å²) in [5, 5.41) is 10.8. The van der Waals surface area contributed by atoms with Crippen LogP contribution < -0.4 is 78.7 Å². The molecular weight excluding hydrogens is 401 g/mol. The van der Waals surface area contributed by atoms with Crippen LogP contribution in [0.2, 0.25) is 0 Å². The Hall–Kier alpha value is -0.278. The SMILES string of the molecule is COC(Cc1ccc(OCc2ccccc2)cc1)C(=O)[O-].[Cs+]. The Morgan fingerprint density at radius 1 is 1.05 bits per heavy atom. The maximum absolute atomic E-state index is 10.8. The zero-order valence-corrected chi connectivity index (χ0v) is 19.1. The van der Waals surface area contributed by atoms with Crippen molar-refractivity contribution in [3.05, 3.63) is 65.7 Å². The molecule has 0 N–H and O–H groups in total. The van der Waals surface area contributed by atoms with Crippen LogP contribution in [0.3, 0.4) is 0 Å². The Morgan fingerprint density at radius 3 is 2.23 bits per heavy atom. The largest absolute Gasteiger partial charge is 1.00 e. The Bertz CT molecular complexity index is 569. The molecule has 0 bridgehead atoms. The zero-order valence-electron chi connectivity index (χ0n) is 12.8. The van der Waals surface area contributed by atoms with Gasteiger partial charge in [0.15, 0.2) is 0 Å². The van der Waals surface area contributed by atoms with Crippen LogP contribution in [-0.2, 0) is 22.6 Å². The van der Waals surface area contributed by atoms with Gasteiger partial charge in [-0.3, -0.25) is 0 Å². The van der Waals surface area contributed by atoms with Crippen LogP contribution in [0.15, 0.2) is 54.6 Å². The molecule has 0 amide bonds. The minimum absolute atomic E-state index is 0. The first-order valence-electron chi connectivity index (χ1n) is 6.68. The van der Waals surface area contributed by atoms with Crippen LogP contribution in [0.4, 0.5) is 0 Å². The molecule has 0 aromatic heterocycles. The van der Waals surface area contributed by atoms with E-state index in [1.165, 1.54) is 7.11 Å². The first kappa shape index (κ1) is 19.8. The van der Waals surface area contributed by atoms with Gasteiger partial charge in [0.05, 0.1) is 5.97 Å². The fourth-order valence-electron chi connectivity index (χ4n) is 1.94. The summed E-state index contributed by atoms with van der Waals surface area (Å²) in [6.07, 6.45) is -0.654. The van der Waals surface area contributed by atoms with E-state index in [-0.39, 0.29) is 75.3 Å². The van der Waals surface area contributed by atoms with E-state index in [4.69, 9.17) is 9.47 Å². The first-order valence-corrected chi connectivity index (χ1v) is 6.68. The van der Waals surface area contributed by atoms with Gasteiger partial charge < -0.3 is 19.4 Å². The monoisotopic (exact) mass is 418 g/mol. The van der Waals surface area contributed by atoms with Crippen LogP contribution >= 0.6 is 0 Å². The van der Waals surface area contributed by atoms with Crippen molar-refractivity contribution in [2.45, 2.75) is 19.1 Å². The van der Waals surface area contributed by atoms with Gasteiger partial charge in [0.1, 0.15) is 18.5 Å². The molecule has 2 aromatic carbocycles. The molecule has 0 saturated heterocycles. The standard InChI is InChI=1S/C17H18O4.Cs/c1-20-16(17(18)19)11-13-7-9-15(10-8-13)21-12-14-5-3-2-4-6-14;/h2-10,16H,11-12H2,1H3,(H,18,19);/q;+1/p-1. The summed E-state index contributed by atoms with van der Waals surface area (Å²) >= 11 is 0. The minimum atomic E-state index is -1.21. The number of hydrogen-bond acceptors (Lipinski definition) is 4. The summed E-state index contributed by atoms with van der Waals surface area (Å²) < 4.78 is 10.5. The number of methoxy groups -OCH3 is 1. The number of carboxylic acid groups (broad SMARTS) is 1. The Balaban J connectivity index is 0.00000242. The van der Waals surface area contributed by atoms with E-state index in [2.05, 4.69) is 0 Å². The van der Waals surface area contributed by atoms with Crippen molar-refractivity contribution in [3.63, 3.8) is 0 Å². The van der Waals surface area contributed by atoms with Crippen LogP contribution in [0.1, 0.15) is 11.1 Å². The van der Waals surface area contributed by atoms with Crippen LogP contribution in [0.25, 0.3) is 0 Å². The van der Waals surface area contributed by atoms with Crippen molar-refractivity contribution < 1.29 is 88.3 Å². The second-order valence-corrected chi connectivity index (χ2v) is 4.67. The number of rotatable bonds is 7. The Kier molecular flexibility index (Phi) is 9.42. The molecule has 0 aliphatic carbocycles. The number of carbonyl (C=O) groups is 1. The van der Waals surface area contributed by atoms with Crippen molar-refractivity contribution in [2.24, 2.45) is 0 Å². The van der Waals surface area contributed by atoms with Gasteiger partial charge in [-0.05, 0) is 23.3 Å². The van der Waals surface area contributed by atoms with Gasteiger partial charge in [0.25, 0.3) is 0 Å². The molecule has 2 aromatic rings. The predicted octanol–water partition coefficient (Wildman–Crippen LogP) is -1.42. The molecular formula is C17H17CsO4. The molecule has 2 rings (SSSR count). The fourth-order valence-corrected chi connectivity index (χ4v) is 1.94. The van der Waals surface area contributed by atoms with Crippen molar-refractivity contribution >= 4 is 5.97 Å². The third-order valence-electron chi connectivity index (χ3n) is 3.14. The van der Waals surface area contributed by atoms with E-state index in [1.807, 2.05) is 54.6 Å². The van der Waals surface area contributed by atoms with E-state index in [0.717, 1.165) is 16.9 Å². The number of ether oxygens (including phenoxy) is 2. The Labute approximate surface area is 189 Å². The van der Waals surface area contributed by atoms with Crippen LogP contribution in [0.5, 0.6) is 5.75 Å². The molecule has 0 saturated carbocycles. The summed E-state index contributed by atoms with van der Waals surface area (Å²) in [5.74, 6) is -0.466. The second kappa shape index (κ2) is 10.5. The van der Waals surface area contributed by atoms with Crippen LogP contribution in [0, 0.1) is 0 Å². The average Bonchev–Trinajstić information content (AvgIpc) is 2.52. The summed E-state index contributed by atoms with van der Waals surface area (Å²) in [5.41, 5.74) is 1.95. The first-order chi connectivity index (χ1) is 10.2. The van der Waals surface area contributed by atoms with E-state index in [0.29, 0.717) is 6.61 Å².